The second kappa shape index (κ2) is 6.53. The van der Waals surface area contributed by atoms with Gasteiger partial charge in [-0.25, -0.2) is 0 Å². The van der Waals surface area contributed by atoms with Crippen LogP contribution in [0.5, 0.6) is 0 Å². The second-order valence-corrected chi connectivity index (χ2v) is 6.84. The summed E-state index contributed by atoms with van der Waals surface area (Å²) in [4.78, 5) is 6.84. The molecule has 4 rings (SSSR count). The van der Waals surface area contributed by atoms with Gasteiger partial charge >= 0.3 is 0 Å². The lowest BCUT2D eigenvalue weighted by Gasteiger charge is -2.30. The maximum Gasteiger partial charge on any atom is 0.170 e. The van der Waals surface area contributed by atoms with Gasteiger partial charge in [0.05, 0.1) is 23.9 Å². The molecular weight excluding hydrogens is 320 g/mol. The minimum absolute atomic E-state index is 0.0497. The van der Waals surface area contributed by atoms with Crippen molar-refractivity contribution in [1.82, 2.24) is 19.8 Å². The van der Waals surface area contributed by atoms with Crippen LogP contribution in [-0.2, 0) is 11.8 Å². The molecule has 126 valence electrons. The van der Waals surface area contributed by atoms with Crippen molar-refractivity contribution in [1.29, 1.82) is 0 Å². The number of nitrogens with one attached hydrogen (secondary N) is 1. The summed E-state index contributed by atoms with van der Waals surface area (Å²) in [6, 6.07) is 10.4. The highest BCUT2D eigenvalue weighted by atomic mass is 32.1. The van der Waals surface area contributed by atoms with E-state index >= 15 is 0 Å². The number of hydrogen-bond donors (Lipinski definition) is 1. The van der Waals surface area contributed by atoms with E-state index in [1.807, 2.05) is 18.3 Å². The molecule has 2 aliphatic heterocycles. The van der Waals surface area contributed by atoms with Crippen molar-refractivity contribution in [2.75, 3.05) is 13.2 Å². The average Bonchev–Trinajstić information content (AvgIpc) is 3.31. The summed E-state index contributed by atoms with van der Waals surface area (Å²) < 4.78 is 8.01. The van der Waals surface area contributed by atoms with Crippen LogP contribution in [-0.4, -0.2) is 38.8 Å². The van der Waals surface area contributed by atoms with E-state index in [0.717, 1.165) is 36.8 Å². The van der Waals surface area contributed by atoms with Gasteiger partial charge in [0.2, 0.25) is 0 Å². The van der Waals surface area contributed by atoms with Crippen LogP contribution in [0.3, 0.4) is 0 Å². The van der Waals surface area contributed by atoms with E-state index < -0.39 is 0 Å². The van der Waals surface area contributed by atoms with Crippen LogP contribution in [0.2, 0.25) is 0 Å². The predicted molar refractivity (Wildman–Crippen MR) is 96.5 cm³/mol. The van der Waals surface area contributed by atoms with Gasteiger partial charge < -0.3 is 19.5 Å². The van der Waals surface area contributed by atoms with Crippen molar-refractivity contribution in [3.8, 4) is 0 Å². The van der Waals surface area contributed by atoms with E-state index in [9.17, 15) is 0 Å². The lowest BCUT2D eigenvalue weighted by Crippen LogP contribution is -2.36. The Morgan fingerprint density at radius 2 is 2.25 bits per heavy atom. The Balaban J connectivity index is 1.69. The quantitative estimate of drug-likeness (QED) is 0.865. The van der Waals surface area contributed by atoms with Gasteiger partial charge in [-0.05, 0) is 49.3 Å². The summed E-state index contributed by atoms with van der Waals surface area (Å²) in [7, 11) is 2.08. The van der Waals surface area contributed by atoms with Gasteiger partial charge in [0.25, 0.3) is 0 Å². The molecule has 3 atom stereocenters. The SMILES string of the molecule is Cn1cccc1[C@H]1[C@@H](c2ccccn2)NC(=S)N1C[C@@H]1CCCO1. The Labute approximate surface area is 147 Å². The molecule has 2 saturated heterocycles. The minimum Gasteiger partial charge on any atom is -0.376 e. The first-order chi connectivity index (χ1) is 11.7. The molecule has 0 aromatic carbocycles. The molecule has 0 aliphatic carbocycles. The molecule has 0 amide bonds. The highest BCUT2D eigenvalue weighted by Crippen LogP contribution is 2.39. The highest BCUT2D eigenvalue weighted by Gasteiger charge is 2.41. The Hall–Kier alpha value is -1.92. The Morgan fingerprint density at radius 3 is 2.92 bits per heavy atom. The molecule has 2 aliphatic rings. The van der Waals surface area contributed by atoms with Crippen molar-refractivity contribution < 1.29 is 4.74 Å². The van der Waals surface area contributed by atoms with Crippen LogP contribution in [0.25, 0.3) is 0 Å². The van der Waals surface area contributed by atoms with E-state index in [1.165, 1.54) is 5.69 Å². The lowest BCUT2D eigenvalue weighted by atomic mass is 10.0. The van der Waals surface area contributed by atoms with Crippen molar-refractivity contribution in [2.24, 2.45) is 7.05 Å². The lowest BCUT2D eigenvalue weighted by molar-refractivity contribution is 0.0835. The van der Waals surface area contributed by atoms with Crippen molar-refractivity contribution in [3.63, 3.8) is 0 Å². The fraction of sp³-hybridized carbons (Fsp3) is 0.444. The normalized spacial score (nSPS) is 26.8. The fourth-order valence-electron chi connectivity index (χ4n) is 3.71. The van der Waals surface area contributed by atoms with Crippen LogP contribution in [0.1, 0.15) is 36.3 Å². The van der Waals surface area contributed by atoms with E-state index in [1.54, 1.807) is 0 Å². The van der Waals surface area contributed by atoms with Crippen molar-refractivity contribution >= 4 is 17.3 Å². The maximum absolute atomic E-state index is 5.85. The third kappa shape index (κ3) is 2.80. The number of hydrogen-bond acceptors (Lipinski definition) is 3. The maximum atomic E-state index is 5.85. The molecule has 0 bridgehead atoms. The zero-order valence-electron chi connectivity index (χ0n) is 13.8. The molecule has 24 heavy (non-hydrogen) atoms. The number of aryl methyl sites for hydroxylation is 1. The van der Waals surface area contributed by atoms with Crippen molar-refractivity contribution in [2.45, 2.75) is 31.0 Å². The number of rotatable bonds is 4. The molecule has 2 aromatic heterocycles. The topological polar surface area (TPSA) is 42.3 Å². The third-order valence-corrected chi connectivity index (χ3v) is 5.26. The monoisotopic (exact) mass is 342 g/mol. The minimum atomic E-state index is 0.0497. The standard InChI is InChI=1S/C18H22N4OS/c1-21-10-4-8-15(21)17-16(14-7-2-3-9-19-14)20-18(24)22(17)12-13-6-5-11-23-13/h2-4,7-10,13,16-17H,5-6,11-12H2,1H3,(H,20,24)/t13-,16+,17-/m0/s1. The molecule has 0 radical (unpaired) electrons. The second-order valence-electron chi connectivity index (χ2n) is 6.46. The van der Waals surface area contributed by atoms with Gasteiger partial charge in [0.15, 0.2) is 5.11 Å². The van der Waals surface area contributed by atoms with Gasteiger partial charge in [0.1, 0.15) is 0 Å². The van der Waals surface area contributed by atoms with Gasteiger partial charge in [-0.2, -0.15) is 0 Å². The fourth-order valence-corrected chi connectivity index (χ4v) is 4.03. The van der Waals surface area contributed by atoms with Crippen molar-refractivity contribution in [3.05, 3.63) is 54.1 Å². The van der Waals surface area contributed by atoms with Gasteiger partial charge in [-0.15, -0.1) is 0 Å². The third-order valence-electron chi connectivity index (χ3n) is 4.91. The number of ether oxygens (including phenoxy) is 1. The molecular formula is C18H22N4OS. The summed E-state index contributed by atoms with van der Waals surface area (Å²) in [6.45, 7) is 1.68. The van der Waals surface area contributed by atoms with E-state index in [0.29, 0.717) is 0 Å². The van der Waals surface area contributed by atoms with Crippen LogP contribution in [0.15, 0.2) is 42.7 Å². The molecule has 0 saturated carbocycles. The zero-order valence-corrected chi connectivity index (χ0v) is 14.6. The summed E-state index contributed by atoms with van der Waals surface area (Å²) in [5, 5.41) is 4.27. The van der Waals surface area contributed by atoms with Gasteiger partial charge in [-0.1, -0.05) is 6.07 Å². The molecule has 2 fully saturated rings. The summed E-state index contributed by atoms with van der Waals surface area (Å²) in [6.07, 6.45) is 6.42. The van der Waals surface area contributed by atoms with E-state index in [2.05, 4.69) is 51.2 Å². The van der Waals surface area contributed by atoms with Gasteiger partial charge in [-0.3, -0.25) is 4.98 Å². The Kier molecular flexibility index (Phi) is 4.24. The first kappa shape index (κ1) is 15.6. The molecule has 0 unspecified atom stereocenters. The van der Waals surface area contributed by atoms with E-state index in [4.69, 9.17) is 17.0 Å². The number of pyridine rings is 1. The average molecular weight is 342 g/mol. The molecule has 5 nitrogen and oxygen atoms in total. The molecule has 2 aromatic rings. The van der Waals surface area contributed by atoms with Gasteiger partial charge in [0, 0.05) is 38.3 Å². The summed E-state index contributed by atoms with van der Waals surface area (Å²) >= 11 is 5.67. The highest BCUT2D eigenvalue weighted by molar-refractivity contribution is 7.80. The number of nitrogens with zero attached hydrogens (tertiary/aromatic N) is 3. The van der Waals surface area contributed by atoms with Crippen LogP contribution >= 0.6 is 12.2 Å². The first-order valence-corrected chi connectivity index (χ1v) is 8.86. The predicted octanol–water partition coefficient (Wildman–Crippen LogP) is 2.57. The smallest absolute Gasteiger partial charge is 0.170 e. The first-order valence-electron chi connectivity index (χ1n) is 8.45. The summed E-state index contributed by atoms with van der Waals surface area (Å²) in [5.41, 5.74) is 2.25. The largest absolute Gasteiger partial charge is 0.376 e. The molecule has 4 heterocycles. The Morgan fingerprint density at radius 1 is 1.33 bits per heavy atom. The van der Waals surface area contributed by atoms with Crippen LogP contribution in [0.4, 0.5) is 0 Å². The Bertz CT molecular complexity index is 711. The molecule has 1 N–H and O–H groups in total. The van der Waals surface area contributed by atoms with E-state index in [-0.39, 0.29) is 18.2 Å². The number of aromatic nitrogens is 2. The van der Waals surface area contributed by atoms with Crippen LogP contribution in [0, 0.1) is 0 Å². The number of thiocarbonyl (C=S) groups is 1. The van der Waals surface area contributed by atoms with Crippen LogP contribution < -0.4 is 5.32 Å². The zero-order chi connectivity index (χ0) is 16.5. The summed E-state index contributed by atoms with van der Waals surface area (Å²) in [5.74, 6) is 0. The molecule has 0 spiro atoms. The molecule has 6 heteroatoms.